The SMILES string of the molecule is IC1=c2ccc3c4c(ccc3c2Oc2c1ccc1c3c(ccc21)NCCC3)=NCCC4. The van der Waals surface area contributed by atoms with Crippen LogP contribution in [0.1, 0.15) is 29.5 Å². The second kappa shape index (κ2) is 6.70. The molecule has 4 aromatic carbocycles. The lowest BCUT2D eigenvalue weighted by Gasteiger charge is -2.24. The minimum atomic E-state index is 0.935. The molecule has 4 aromatic rings. The van der Waals surface area contributed by atoms with Crippen LogP contribution in [0.4, 0.5) is 5.69 Å². The highest BCUT2D eigenvalue weighted by Gasteiger charge is 2.24. The summed E-state index contributed by atoms with van der Waals surface area (Å²) in [5, 5.41) is 10.9. The number of aryl methyl sites for hydroxylation is 2. The van der Waals surface area contributed by atoms with E-state index in [1.807, 2.05) is 0 Å². The lowest BCUT2D eigenvalue weighted by molar-refractivity contribution is 0.484. The molecule has 0 unspecified atom stereocenters. The van der Waals surface area contributed by atoms with E-state index < -0.39 is 0 Å². The van der Waals surface area contributed by atoms with Gasteiger partial charge in [0.05, 0.1) is 5.36 Å². The third kappa shape index (κ3) is 2.54. The first-order valence-corrected chi connectivity index (χ1v) is 12.2. The van der Waals surface area contributed by atoms with E-state index in [1.165, 1.54) is 59.1 Å². The van der Waals surface area contributed by atoms with Crippen LogP contribution >= 0.6 is 22.6 Å². The van der Waals surface area contributed by atoms with E-state index in [9.17, 15) is 0 Å². The molecule has 3 aliphatic rings. The summed E-state index contributed by atoms with van der Waals surface area (Å²) < 4.78 is 8.04. The third-order valence-electron chi connectivity index (χ3n) is 6.96. The Morgan fingerprint density at radius 2 is 1.55 bits per heavy atom. The van der Waals surface area contributed by atoms with Crippen LogP contribution in [-0.4, -0.2) is 13.1 Å². The molecule has 0 amide bonds. The molecule has 0 atom stereocenters. The van der Waals surface area contributed by atoms with Crippen molar-refractivity contribution in [3.05, 3.63) is 75.8 Å². The fourth-order valence-corrected chi connectivity index (χ4v) is 6.32. The fourth-order valence-electron chi connectivity index (χ4n) is 5.47. The molecule has 3 heterocycles. The number of hydrogen-bond donors (Lipinski definition) is 1. The molecule has 0 aromatic heterocycles. The van der Waals surface area contributed by atoms with Gasteiger partial charge in [0.2, 0.25) is 0 Å². The minimum absolute atomic E-state index is 0.935. The van der Waals surface area contributed by atoms with Crippen LogP contribution in [0.25, 0.3) is 25.1 Å². The van der Waals surface area contributed by atoms with Gasteiger partial charge in [-0.1, -0.05) is 12.1 Å². The molecule has 0 saturated heterocycles. The summed E-state index contributed by atoms with van der Waals surface area (Å²) in [7, 11) is 0. The predicted molar refractivity (Wildman–Crippen MR) is 135 cm³/mol. The van der Waals surface area contributed by atoms with E-state index in [0.717, 1.165) is 49.2 Å². The summed E-state index contributed by atoms with van der Waals surface area (Å²) >= 11 is 2.50. The second-order valence-corrected chi connectivity index (χ2v) is 9.74. The van der Waals surface area contributed by atoms with Gasteiger partial charge in [-0.25, -0.2) is 0 Å². The zero-order valence-electron chi connectivity index (χ0n) is 17.1. The Labute approximate surface area is 194 Å². The van der Waals surface area contributed by atoms with Crippen LogP contribution in [0.5, 0.6) is 11.5 Å². The van der Waals surface area contributed by atoms with Crippen LogP contribution in [-0.2, 0) is 12.8 Å². The Kier molecular flexibility index (Phi) is 3.89. The summed E-state index contributed by atoms with van der Waals surface area (Å²) in [6.45, 7) is 1.99. The van der Waals surface area contributed by atoms with Crippen LogP contribution in [0.3, 0.4) is 0 Å². The maximum atomic E-state index is 6.78. The van der Waals surface area contributed by atoms with E-state index in [-0.39, 0.29) is 0 Å². The van der Waals surface area contributed by atoms with E-state index in [1.54, 1.807) is 0 Å². The number of fused-ring (bicyclic) bond motifs is 10. The molecule has 3 nitrogen and oxygen atoms in total. The van der Waals surface area contributed by atoms with Crippen molar-refractivity contribution in [1.29, 1.82) is 0 Å². The molecule has 152 valence electrons. The zero-order valence-corrected chi connectivity index (χ0v) is 19.3. The maximum absolute atomic E-state index is 6.78. The molecule has 0 bridgehead atoms. The summed E-state index contributed by atoms with van der Waals surface area (Å²) in [4.78, 5) is 4.73. The Morgan fingerprint density at radius 1 is 0.774 bits per heavy atom. The normalized spacial score (nSPS) is 16.5. The minimum Gasteiger partial charge on any atom is -0.455 e. The molecule has 3 aliphatic heterocycles. The van der Waals surface area contributed by atoms with E-state index in [4.69, 9.17) is 9.73 Å². The van der Waals surface area contributed by atoms with Crippen LogP contribution in [0.2, 0.25) is 0 Å². The number of benzene rings is 4. The van der Waals surface area contributed by atoms with E-state index >= 15 is 0 Å². The first kappa shape index (κ1) is 18.0. The first-order chi connectivity index (χ1) is 15.3. The van der Waals surface area contributed by atoms with Gasteiger partial charge in [0.25, 0.3) is 0 Å². The fraction of sp³-hybridized carbons (Fsp3) is 0.222. The molecular weight excluding hydrogens is 495 g/mol. The van der Waals surface area contributed by atoms with Gasteiger partial charge in [-0.15, -0.1) is 0 Å². The van der Waals surface area contributed by atoms with Crippen LogP contribution in [0.15, 0.2) is 53.5 Å². The Hall–Kier alpha value is -2.60. The van der Waals surface area contributed by atoms with Crippen molar-refractivity contribution >= 4 is 53.4 Å². The molecule has 0 fully saturated rings. The Bertz CT molecular complexity index is 1550. The van der Waals surface area contributed by atoms with Gasteiger partial charge in [-0.2, -0.15) is 0 Å². The van der Waals surface area contributed by atoms with Crippen molar-refractivity contribution in [2.75, 3.05) is 18.4 Å². The molecule has 1 N–H and O–H groups in total. The van der Waals surface area contributed by atoms with Gasteiger partial charge in [-0.3, -0.25) is 4.99 Å². The van der Waals surface area contributed by atoms with Crippen molar-refractivity contribution in [3.8, 4) is 11.5 Å². The summed E-state index contributed by atoms with van der Waals surface area (Å²) in [6.07, 6.45) is 4.51. The quantitative estimate of drug-likeness (QED) is 0.308. The van der Waals surface area contributed by atoms with Gasteiger partial charge in [0.1, 0.15) is 11.5 Å². The van der Waals surface area contributed by atoms with Gasteiger partial charge in [0, 0.05) is 43.9 Å². The van der Waals surface area contributed by atoms with Gasteiger partial charge in [-0.05, 0) is 107 Å². The monoisotopic (exact) mass is 516 g/mol. The number of ether oxygens (including phenoxy) is 1. The largest absolute Gasteiger partial charge is 0.455 e. The lowest BCUT2D eigenvalue weighted by Crippen LogP contribution is -2.19. The molecule has 7 rings (SSSR count). The van der Waals surface area contributed by atoms with Gasteiger partial charge < -0.3 is 10.1 Å². The molecule has 0 saturated carbocycles. The molecule has 0 spiro atoms. The summed E-state index contributed by atoms with van der Waals surface area (Å²) in [5.74, 6) is 1.99. The number of nitrogens with zero attached hydrogens (tertiary/aromatic N) is 1. The van der Waals surface area contributed by atoms with Gasteiger partial charge >= 0.3 is 0 Å². The summed E-state index contributed by atoms with van der Waals surface area (Å²) in [5.41, 5.74) is 5.25. The lowest BCUT2D eigenvalue weighted by atomic mass is 9.92. The average molecular weight is 516 g/mol. The van der Waals surface area contributed by atoms with Crippen molar-refractivity contribution in [2.45, 2.75) is 25.7 Å². The van der Waals surface area contributed by atoms with Crippen molar-refractivity contribution in [3.63, 3.8) is 0 Å². The Morgan fingerprint density at radius 3 is 2.52 bits per heavy atom. The number of nitrogens with one attached hydrogen (secondary N) is 1. The van der Waals surface area contributed by atoms with Crippen LogP contribution < -0.4 is 20.6 Å². The topological polar surface area (TPSA) is 33.6 Å². The molecule has 4 heteroatoms. The van der Waals surface area contributed by atoms with Crippen molar-refractivity contribution < 1.29 is 4.74 Å². The van der Waals surface area contributed by atoms with Crippen LogP contribution in [0, 0.1) is 0 Å². The molecular formula is C27H21IN2O. The first-order valence-electron chi connectivity index (χ1n) is 11.1. The van der Waals surface area contributed by atoms with Gasteiger partial charge in [0.15, 0.2) is 0 Å². The molecule has 0 aliphatic carbocycles. The number of anilines is 1. The standard InChI is InChI=1S/C27H21IN2O/c28-25-21-7-5-15-17-3-1-13-29-23(17)11-9-19(15)26(21)31-27-20-10-12-24-18(4-2-14-30-24)16(20)6-8-22(25)27/h5-12,29H,1-4,13-14H2. The summed E-state index contributed by atoms with van der Waals surface area (Å²) in [6, 6.07) is 17.9. The number of hydrogen-bond acceptors (Lipinski definition) is 3. The molecule has 31 heavy (non-hydrogen) atoms. The zero-order chi connectivity index (χ0) is 20.5. The van der Waals surface area contributed by atoms with Crippen molar-refractivity contribution in [1.82, 2.24) is 0 Å². The van der Waals surface area contributed by atoms with E-state index in [2.05, 4.69) is 76.4 Å². The average Bonchev–Trinajstić information content (AvgIpc) is 2.83. The highest BCUT2D eigenvalue weighted by molar-refractivity contribution is 14.1. The molecule has 0 radical (unpaired) electrons. The van der Waals surface area contributed by atoms with Crippen molar-refractivity contribution in [2.24, 2.45) is 4.99 Å². The highest BCUT2D eigenvalue weighted by atomic mass is 127. The van der Waals surface area contributed by atoms with E-state index in [0.29, 0.717) is 0 Å². The number of rotatable bonds is 0. The highest BCUT2D eigenvalue weighted by Crippen LogP contribution is 2.45. The third-order valence-corrected chi connectivity index (χ3v) is 8.13. The Balaban J connectivity index is 1.53. The maximum Gasteiger partial charge on any atom is 0.143 e. The second-order valence-electron chi connectivity index (χ2n) is 8.66. The smallest absolute Gasteiger partial charge is 0.143 e. The predicted octanol–water partition coefficient (Wildman–Crippen LogP) is 5.61. The number of halogens is 1.